The van der Waals surface area contributed by atoms with Crippen LogP contribution in [0.1, 0.15) is 24.7 Å². The molecule has 2 rings (SSSR count). The van der Waals surface area contributed by atoms with Crippen molar-refractivity contribution in [2.75, 3.05) is 0 Å². The van der Waals surface area contributed by atoms with Crippen LogP contribution in [0.25, 0.3) is 10.9 Å². The second kappa shape index (κ2) is 3.85. The van der Waals surface area contributed by atoms with Crippen molar-refractivity contribution >= 4 is 10.9 Å². The second-order valence-corrected chi connectivity index (χ2v) is 3.75. The molecule has 1 heterocycles. The molecule has 1 N–H and O–H groups in total. The predicted octanol–water partition coefficient (Wildman–Crippen LogP) is 2.18. The third-order valence-electron chi connectivity index (χ3n) is 2.43. The summed E-state index contributed by atoms with van der Waals surface area (Å²) in [5.74, 6) is 0.663. The van der Waals surface area contributed by atoms with Crippen molar-refractivity contribution < 1.29 is 0 Å². The Morgan fingerprint density at radius 1 is 1.40 bits per heavy atom. The number of H-pyrrole nitrogens is 1. The number of nitrogens with one attached hydrogen (secondary N) is 1. The maximum atomic E-state index is 11.7. The molecule has 0 aliphatic heterocycles. The van der Waals surface area contributed by atoms with E-state index in [1.54, 1.807) is 6.92 Å². The first-order valence-corrected chi connectivity index (χ1v) is 5.20. The van der Waals surface area contributed by atoms with Crippen molar-refractivity contribution in [3.63, 3.8) is 0 Å². The maximum absolute atomic E-state index is 11.7. The monoisotopic (exact) mass is 202 g/mol. The average Bonchev–Trinajstić information content (AvgIpc) is 2.19. The Labute approximate surface area is 88.2 Å². The van der Waals surface area contributed by atoms with Crippen molar-refractivity contribution in [3.8, 4) is 0 Å². The van der Waals surface area contributed by atoms with Crippen molar-refractivity contribution in [2.24, 2.45) is 0 Å². The topological polar surface area (TPSA) is 45.8 Å². The van der Waals surface area contributed by atoms with Gasteiger partial charge in [-0.2, -0.15) is 0 Å². The number of nitrogens with zero attached hydrogens (tertiary/aromatic N) is 1. The summed E-state index contributed by atoms with van der Waals surface area (Å²) in [6.45, 7) is 3.92. The molecule has 15 heavy (non-hydrogen) atoms. The van der Waals surface area contributed by atoms with E-state index in [1.165, 1.54) is 5.56 Å². The summed E-state index contributed by atoms with van der Waals surface area (Å²) in [5.41, 5.74) is 1.92. The van der Waals surface area contributed by atoms with Gasteiger partial charge in [-0.3, -0.25) is 4.79 Å². The molecule has 0 aliphatic rings. The van der Waals surface area contributed by atoms with Crippen LogP contribution in [0.2, 0.25) is 0 Å². The first-order valence-electron chi connectivity index (χ1n) is 5.20. The third kappa shape index (κ3) is 1.91. The van der Waals surface area contributed by atoms with Gasteiger partial charge in [0.2, 0.25) is 0 Å². The van der Waals surface area contributed by atoms with Gasteiger partial charge in [0.25, 0.3) is 5.56 Å². The van der Waals surface area contributed by atoms with Gasteiger partial charge in [0.1, 0.15) is 5.82 Å². The maximum Gasteiger partial charge on any atom is 0.258 e. The van der Waals surface area contributed by atoms with Crippen LogP contribution < -0.4 is 5.56 Å². The Morgan fingerprint density at radius 3 is 2.93 bits per heavy atom. The highest BCUT2D eigenvalue weighted by Gasteiger charge is 2.02. The zero-order valence-corrected chi connectivity index (χ0v) is 9.00. The van der Waals surface area contributed by atoms with Gasteiger partial charge < -0.3 is 4.98 Å². The van der Waals surface area contributed by atoms with Gasteiger partial charge in [-0.1, -0.05) is 19.4 Å². The molecule has 1 aromatic carbocycles. The van der Waals surface area contributed by atoms with Gasteiger partial charge in [-0.15, -0.1) is 0 Å². The summed E-state index contributed by atoms with van der Waals surface area (Å²) in [7, 11) is 0. The van der Waals surface area contributed by atoms with E-state index in [2.05, 4.69) is 16.9 Å². The average molecular weight is 202 g/mol. The fraction of sp³-hybridized carbons (Fsp3) is 0.333. The number of fused-ring (bicyclic) bond motifs is 1. The molecule has 78 valence electrons. The molecule has 0 radical (unpaired) electrons. The molecule has 0 saturated carbocycles. The fourth-order valence-corrected chi connectivity index (χ4v) is 1.75. The minimum atomic E-state index is -0.0459. The van der Waals surface area contributed by atoms with Crippen molar-refractivity contribution in [2.45, 2.75) is 26.7 Å². The summed E-state index contributed by atoms with van der Waals surface area (Å²) in [6.07, 6.45) is 2.09. The largest absolute Gasteiger partial charge is 0.310 e. The van der Waals surface area contributed by atoms with Crippen LogP contribution in [-0.4, -0.2) is 9.97 Å². The molecule has 3 heteroatoms. The molecule has 0 atom stereocenters. The van der Waals surface area contributed by atoms with Gasteiger partial charge in [-0.05, 0) is 31.0 Å². The molecule has 0 spiro atoms. The van der Waals surface area contributed by atoms with E-state index in [0.29, 0.717) is 11.2 Å². The van der Waals surface area contributed by atoms with Gasteiger partial charge in [0, 0.05) is 0 Å². The standard InChI is InChI=1S/C12H14N2O/c1-3-4-9-5-6-11-10(7-9)12(15)14-8(2)13-11/h5-7H,3-4H2,1-2H3,(H,13,14,15). The van der Waals surface area contributed by atoms with E-state index in [-0.39, 0.29) is 5.56 Å². The number of aryl methyl sites for hydroxylation is 2. The second-order valence-electron chi connectivity index (χ2n) is 3.75. The van der Waals surface area contributed by atoms with E-state index in [1.807, 2.05) is 18.2 Å². The molecule has 3 nitrogen and oxygen atoms in total. The van der Waals surface area contributed by atoms with E-state index in [9.17, 15) is 4.79 Å². The SMILES string of the molecule is CCCc1ccc2nc(C)[nH]c(=O)c2c1. The molecular formula is C12H14N2O. The van der Waals surface area contributed by atoms with Crippen LogP contribution in [0.5, 0.6) is 0 Å². The molecule has 2 aromatic rings. The lowest BCUT2D eigenvalue weighted by Crippen LogP contribution is -2.09. The van der Waals surface area contributed by atoms with E-state index >= 15 is 0 Å². The minimum Gasteiger partial charge on any atom is -0.310 e. The molecule has 0 bridgehead atoms. The van der Waals surface area contributed by atoms with E-state index in [4.69, 9.17) is 0 Å². The van der Waals surface area contributed by atoms with Crippen LogP contribution >= 0.6 is 0 Å². The molecular weight excluding hydrogens is 188 g/mol. The summed E-state index contributed by atoms with van der Waals surface area (Å²) >= 11 is 0. The molecule has 0 amide bonds. The molecule has 0 unspecified atom stereocenters. The Morgan fingerprint density at radius 2 is 2.20 bits per heavy atom. The first-order chi connectivity index (χ1) is 7.20. The summed E-state index contributed by atoms with van der Waals surface area (Å²) in [5, 5.41) is 0.687. The summed E-state index contributed by atoms with van der Waals surface area (Å²) in [4.78, 5) is 18.7. The fourth-order valence-electron chi connectivity index (χ4n) is 1.75. The van der Waals surface area contributed by atoms with Crippen LogP contribution in [0.3, 0.4) is 0 Å². The first kappa shape index (κ1) is 9.90. The number of hydrogen-bond donors (Lipinski definition) is 1. The van der Waals surface area contributed by atoms with Gasteiger partial charge >= 0.3 is 0 Å². The van der Waals surface area contributed by atoms with E-state index in [0.717, 1.165) is 18.4 Å². The zero-order valence-electron chi connectivity index (χ0n) is 9.00. The Bertz CT molecular complexity index is 543. The highest BCUT2D eigenvalue weighted by molar-refractivity contribution is 5.78. The number of aromatic nitrogens is 2. The lowest BCUT2D eigenvalue weighted by Gasteiger charge is -2.01. The summed E-state index contributed by atoms with van der Waals surface area (Å²) < 4.78 is 0. The summed E-state index contributed by atoms with van der Waals surface area (Å²) in [6, 6.07) is 5.89. The van der Waals surface area contributed by atoms with Gasteiger partial charge in [-0.25, -0.2) is 4.98 Å². The quantitative estimate of drug-likeness (QED) is 0.811. The third-order valence-corrected chi connectivity index (χ3v) is 2.43. The van der Waals surface area contributed by atoms with Crippen LogP contribution in [-0.2, 0) is 6.42 Å². The number of benzene rings is 1. The lowest BCUT2D eigenvalue weighted by molar-refractivity contribution is 0.922. The molecule has 0 fully saturated rings. The minimum absolute atomic E-state index is 0.0459. The van der Waals surface area contributed by atoms with Crippen molar-refractivity contribution in [3.05, 3.63) is 39.9 Å². The normalized spacial score (nSPS) is 10.8. The Kier molecular flexibility index (Phi) is 2.54. The smallest absolute Gasteiger partial charge is 0.258 e. The predicted molar refractivity (Wildman–Crippen MR) is 61.1 cm³/mol. The lowest BCUT2D eigenvalue weighted by atomic mass is 10.1. The highest BCUT2D eigenvalue weighted by atomic mass is 16.1. The number of aromatic amines is 1. The number of rotatable bonds is 2. The molecule has 1 aromatic heterocycles. The van der Waals surface area contributed by atoms with Crippen LogP contribution in [0, 0.1) is 6.92 Å². The van der Waals surface area contributed by atoms with Gasteiger partial charge in [0.05, 0.1) is 10.9 Å². The van der Waals surface area contributed by atoms with E-state index < -0.39 is 0 Å². The van der Waals surface area contributed by atoms with Crippen LogP contribution in [0.15, 0.2) is 23.0 Å². The Balaban J connectivity index is 2.66. The van der Waals surface area contributed by atoms with Crippen molar-refractivity contribution in [1.29, 1.82) is 0 Å². The molecule has 0 saturated heterocycles. The number of hydrogen-bond acceptors (Lipinski definition) is 2. The highest BCUT2D eigenvalue weighted by Crippen LogP contribution is 2.11. The van der Waals surface area contributed by atoms with Crippen LogP contribution in [0.4, 0.5) is 0 Å². The Hall–Kier alpha value is -1.64. The van der Waals surface area contributed by atoms with Gasteiger partial charge in [0.15, 0.2) is 0 Å². The zero-order chi connectivity index (χ0) is 10.8. The molecule has 0 aliphatic carbocycles. The van der Waals surface area contributed by atoms with Crippen molar-refractivity contribution in [1.82, 2.24) is 9.97 Å².